The Morgan fingerprint density at radius 3 is 2.94 bits per heavy atom. The average Bonchev–Trinajstić information content (AvgIpc) is 2.25. The Labute approximate surface area is 97.4 Å². The second kappa shape index (κ2) is 5.33. The van der Waals surface area contributed by atoms with Crippen LogP contribution in [0, 0.1) is 28.4 Å². The number of aryl methyl sites for hydroxylation is 1. The minimum absolute atomic E-state index is 0.0810. The van der Waals surface area contributed by atoms with Gasteiger partial charge in [0.05, 0.1) is 11.0 Å². The van der Waals surface area contributed by atoms with Crippen LogP contribution in [0.25, 0.3) is 0 Å². The van der Waals surface area contributed by atoms with Gasteiger partial charge in [-0.1, -0.05) is 12.1 Å². The van der Waals surface area contributed by atoms with Crippen molar-refractivity contribution in [1.29, 1.82) is 5.26 Å². The third-order valence-corrected chi connectivity index (χ3v) is 2.13. The number of ether oxygens (including phenoxy) is 1. The van der Waals surface area contributed by atoms with Crippen molar-refractivity contribution in [3.05, 3.63) is 33.9 Å². The Hall–Kier alpha value is -1.80. The number of nitrogens with zero attached hydrogens (tertiary/aromatic N) is 2. The molecule has 0 spiro atoms. The second-order valence-corrected chi connectivity index (χ2v) is 3.61. The fourth-order valence-corrected chi connectivity index (χ4v) is 1.25. The first-order chi connectivity index (χ1) is 7.56. The number of nitro groups is 1. The first-order valence-electron chi connectivity index (χ1n) is 4.46. The summed E-state index contributed by atoms with van der Waals surface area (Å²) in [5.41, 5.74) is 0.412. The van der Waals surface area contributed by atoms with E-state index in [-0.39, 0.29) is 18.0 Å². The maximum absolute atomic E-state index is 10.8. The van der Waals surface area contributed by atoms with E-state index in [0.717, 1.165) is 0 Å². The molecule has 0 saturated heterocycles. The molecule has 84 valence electrons. The zero-order valence-electron chi connectivity index (χ0n) is 8.51. The fraction of sp³-hybridized carbons (Fsp3) is 0.300. The van der Waals surface area contributed by atoms with Crippen LogP contribution < -0.4 is 4.74 Å². The van der Waals surface area contributed by atoms with E-state index >= 15 is 0 Å². The summed E-state index contributed by atoms with van der Waals surface area (Å²) in [7, 11) is 0. The molecule has 5 nitrogen and oxygen atoms in total. The highest BCUT2D eigenvalue weighted by molar-refractivity contribution is 6.22. The molecule has 0 radical (unpaired) electrons. The lowest BCUT2D eigenvalue weighted by atomic mass is 10.2. The van der Waals surface area contributed by atoms with Crippen molar-refractivity contribution < 1.29 is 9.66 Å². The zero-order chi connectivity index (χ0) is 12.1. The van der Waals surface area contributed by atoms with Gasteiger partial charge in [-0.25, -0.2) is 0 Å². The van der Waals surface area contributed by atoms with Gasteiger partial charge in [0.2, 0.25) is 0 Å². The number of halogens is 1. The van der Waals surface area contributed by atoms with Crippen molar-refractivity contribution in [2.24, 2.45) is 0 Å². The van der Waals surface area contributed by atoms with Crippen LogP contribution in [0.5, 0.6) is 5.75 Å². The van der Waals surface area contributed by atoms with E-state index in [1.54, 1.807) is 25.1 Å². The molecule has 1 aromatic carbocycles. The number of para-hydroxylation sites is 1. The molecule has 6 heteroatoms. The lowest BCUT2D eigenvalue weighted by Gasteiger charge is -2.07. The third-order valence-electron chi connectivity index (χ3n) is 1.91. The molecule has 0 fully saturated rings. The maximum atomic E-state index is 10.8. The summed E-state index contributed by atoms with van der Waals surface area (Å²) in [5.74, 6) is 0.130. The van der Waals surface area contributed by atoms with Gasteiger partial charge in [0.1, 0.15) is 6.61 Å². The normalized spacial score (nSPS) is 11.6. The van der Waals surface area contributed by atoms with Crippen LogP contribution in [-0.4, -0.2) is 16.9 Å². The largest absolute Gasteiger partial charge is 0.484 e. The molecule has 0 aliphatic heterocycles. The summed E-state index contributed by atoms with van der Waals surface area (Å²) >= 11 is 5.53. The van der Waals surface area contributed by atoms with Crippen LogP contribution in [0.4, 0.5) is 5.69 Å². The lowest BCUT2D eigenvalue weighted by molar-refractivity contribution is -0.386. The molecule has 1 aromatic rings. The van der Waals surface area contributed by atoms with E-state index in [9.17, 15) is 10.1 Å². The van der Waals surface area contributed by atoms with Gasteiger partial charge in [0, 0.05) is 5.56 Å². The van der Waals surface area contributed by atoms with Crippen LogP contribution in [0.2, 0.25) is 0 Å². The molecule has 0 N–H and O–H groups in total. The summed E-state index contributed by atoms with van der Waals surface area (Å²) in [4.78, 5) is 10.3. The maximum Gasteiger partial charge on any atom is 0.313 e. The number of benzene rings is 1. The molecule has 0 amide bonds. The van der Waals surface area contributed by atoms with Crippen molar-refractivity contribution in [3.63, 3.8) is 0 Å². The molecule has 0 heterocycles. The highest BCUT2D eigenvalue weighted by atomic mass is 35.5. The van der Waals surface area contributed by atoms with E-state index in [0.29, 0.717) is 5.56 Å². The Morgan fingerprint density at radius 2 is 2.38 bits per heavy atom. The summed E-state index contributed by atoms with van der Waals surface area (Å²) in [6.45, 7) is 1.54. The quantitative estimate of drug-likeness (QED) is 0.460. The minimum Gasteiger partial charge on any atom is -0.484 e. The number of nitro benzene ring substituents is 1. The van der Waals surface area contributed by atoms with Gasteiger partial charge in [-0.2, -0.15) is 5.26 Å². The lowest BCUT2D eigenvalue weighted by Crippen LogP contribution is -2.10. The number of hydrogen-bond donors (Lipinski definition) is 0. The number of alkyl halides is 1. The molecule has 0 saturated carbocycles. The van der Waals surface area contributed by atoms with Crippen LogP contribution in [-0.2, 0) is 0 Å². The van der Waals surface area contributed by atoms with Crippen LogP contribution >= 0.6 is 11.6 Å². The Bertz CT molecular complexity index is 442. The molecule has 0 aliphatic carbocycles. The van der Waals surface area contributed by atoms with Crippen molar-refractivity contribution in [2.45, 2.75) is 12.3 Å². The highest BCUT2D eigenvalue weighted by Gasteiger charge is 2.18. The van der Waals surface area contributed by atoms with E-state index in [2.05, 4.69) is 0 Å². The molecule has 0 aliphatic rings. The Balaban J connectivity index is 2.92. The number of nitriles is 1. The zero-order valence-corrected chi connectivity index (χ0v) is 9.27. The molecule has 1 rings (SSSR count). The van der Waals surface area contributed by atoms with E-state index in [1.807, 2.05) is 0 Å². The first-order valence-corrected chi connectivity index (χ1v) is 4.90. The van der Waals surface area contributed by atoms with Crippen molar-refractivity contribution in [1.82, 2.24) is 0 Å². The van der Waals surface area contributed by atoms with Crippen molar-refractivity contribution in [2.75, 3.05) is 6.61 Å². The topological polar surface area (TPSA) is 76.2 Å². The SMILES string of the molecule is Cc1cccc(OCC(Cl)C#N)c1[N+](=O)[O-]. The molecule has 0 bridgehead atoms. The molecular weight excluding hydrogens is 232 g/mol. The average molecular weight is 241 g/mol. The summed E-state index contributed by atoms with van der Waals surface area (Å²) in [6.07, 6.45) is 0. The monoisotopic (exact) mass is 240 g/mol. The van der Waals surface area contributed by atoms with Gasteiger partial charge in [-0.05, 0) is 13.0 Å². The molecule has 16 heavy (non-hydrogen) atoms. The highest BCUT2D eigenvalue weighted by Crippen LogP contribution is 2.30. The Morgan fingerprint density at radius 1 is 1.69 bits per heavy atom. The molecule has 0 aromatic heterocycles. The van der Waals surface area contributed by atoms with Crippen LogP contribution in [0.1, 0.15) is 5.56 Å². The van der Waals surface area contributed by atoms with E-state index in [4.69, 9.17) is 21.6 Å². The predicted octanol–water partition coefficient (Wildman–Crippen LogP) is 2.41. The van der Waals surface area contributed by atoms with Gasteiger partial charge in [-0.3, -0.25) is 10.1 Å². The molecule has 1 unspecified atom stereocenters. The van der Waals surface area contributed by atoms with E-state index < -0.39 is 10.3 Å². The van der Waals surface area contributed by atoms with Crippen molar-refractivity contribution >= 4 is 17.3 Å². The molecular formula is C10H9ClN2O3. The number of rotatable bonds is 4. The Kier molecular flexibility index (Phi) is 4.09. The van der Waals surface area contributed by atoms with E-state index in [1.165, 1.54) is 6.07 Å². The predicted molar refractivity (Wildman–Crippen MR) is 58.6 cm³/mol. The first kappa shape index (κ1) is 12.3. The minimum atomic E-state index is -0.819. The van der Waals surface area contributed by atoms with Gasteiger partial charge < -0.3 is 4.74 Å². The fourth-order valence-electron chi connectivity index (χ4n) is 1.18. The second-order valence-electron chi connectivity index (χ2n) is 3.09. The van der Waals surface area contributed by atoms with Crippen LogP contribution in [0.15, 0.2) is 18.2 Å². The summed E-state index contributed by atoms with van der Waals surface area (Å²) in [5, 5.41) is 18.4. The van der Waals surface area contributed by atoms with Gasteiger partial charge in [-0.15, -0.1) is 11.6 Å². The van der Waals surface area contributed by atoms with Crippen molar-refractivity contribution in [3.8, 4) is 11.8 Å². The number of hydrogen-bond acceptors (Lipinski definition) is 4. The smallest absolute Gasteiger partial charge is 0.313 e. The standard InChI is InChI=1S/C10H9ClN2O3/c1-7-3-2-4-9(10(7)13(14)15)16-6-8(11)5-12/h2-4,8H,6H2,1H3. The van der Waals surface area contributed by atoms with Gasteiger partial charge >= 0.3 is 5.69 Å². The third kappa shape index (κ3) is 2.84. The molecule has 1 atom stereocenters. The summed E-state index contributed by atoms with van der Waals surface area (Å²) in [6, 6.07) is 6.51. The van der Waals surface area contributed by atoms with Gasteiger partial charge in [0.15, 0.2) is 11.1 Å². The van der Waals surface area contributed by atoms with Gasteiger partial charge in [0.25, 0.3) is 0 Å². The van der Waals surface area contributed by atoms with Crippen LogP contribution in [0.3, 0.4) is 0 Å². The summed E-state index contributed by atoms with van der Waals surface area (Å²) < 4.78 is 5.14.